The van der Waals surface area contributed by atoms with Crippen molar-refractivity contribution in [1.29, 1.82) is 0 Å². The Morgan fingerprint density at radius 1 is 1.23 bits per heavy atom. The van der Waals surface area contributed by atoms with Gasteiger partial charge in [-0.25, -0.2) is 10.8 Å². The van der Waals surface area contributed by atoms with Gasteiger partial charge in [0, 0.05) is 18.6 Å². The highest BCUT2D eigenvalue weighted by atomic mass is 32.1. The van der Waals surface area contributed by atoms with Gasteiger partial charge in [-0.05, 0) is 0 Å². The SMILES string of the molecule is NNc1ncc(-c2cnccn2)s1. The highest BCUT2D eigenvalue weighted by molar-refractivity contribution is 7.18. The van der Waals surface area contributed by atoms with Gasteiger partial charge in [0.05, 0.1) is 11.1 Å². The van der Waals surface area contributed by atoms with Gasteiger partial charge >= 0.3 is 0 Å². The Labute approximate surface area is 78.6 Å². The molecule has 0 atom stereocenters. The Hall–Kier alpha value is -1.53. The molecule has 0 saturated heterocycles. The minimum atomic E-state index is 0.667. The lowest BCUT2D eigenvalue weighted by Gasteiger charge is -1.91. The number of hydrazine groups is 1. The first-order chi connectivity index (χ1) is 6.40. The van der Waals surface area contributed by atoms with Crippen LogP contribution in [0, 0.1) is 0 Å². The fourth-order valence-electron chi connectivity index (χ4n) is 0.886. The van der Waals surface area contributed by atoms with Gasteiger partial charge in [-0.1, -0.05) is 11.3 Å². The van der Waals surface area contributed by atoms with Crippen LogP contribution in [0.2, 0.25) is 0 Å². The van der Waals surface area contributed by atoms with Gasteiger partial charge in [-0.15, -0.1) is 0 Å². The van der Waals surface area contributed by atoms with Gasteiger partial charge < -0.3 is 0 Å². The van der Waals surface area contributed by atoms with Crippen molar-refractivity contribution in [2.75, 3.05) is 5.43 Å². The van der Waals surface area contributed by atoms with Crippen molar-refractivity contribution < 1.29 is 0 Å². The maximum absolute atomic E-state index is 5.20. The number of thiazole rings is 1. The largest absolute Gasteiger partial charge is 0.300 e. The van der Waals surface area contributed by atoms with Crippen LogP contribution in [0.4, 0.5) is 5.13 Å². The molecule has 3 N–H and O–H groups in total. The molecule has 6 heteroatoms. The normalized spacial score (nSPS) is 9.92. The zero-order chi connectivity index (χ0) is 9.10. The lowest BCUT2D eigenvalue weighted by atomic mass is 10.4. The molecule has 2 aromatic rings. The lowest BCUT2D eigenvalue weighted by Crippen LogP contribution is -2.05. The Morgan fingerprint density at radius 3 is 2.77 bits per heavy atom. The Balaban J connectivity index is 2.36. The van der Waals surface area contributed by atoms with Crippen molar-refractivity contribution in [2.45, 2.75) is 0 Å². The summed E-state index contributed by atoms with van der Waals surface area (Å²) >= 11 is 1.44. The summed E-state index contributed by atoms with van der Waals surface area (Å²) in [4.78, 5) is 13.1. The number of aromatic nitrogens is 3. The van der Waals surface area contributed by atoms with E-state index in [4.69, 9.17) is 5.84 Å². The van der Waals surface area contributed by atoms with Crippen LogP contribution in [0.5, 0.6) is 0 Å². The molecule has 13 heavy (non-hydrogen) atoms. The van der Waals surface area contributed by atoms with E-state index < -0.39 is 0 Å². The summed E-state index contributed by atoms with van der Waals surface area (Å²) in [6.45, 7) is 0. The molecule has 0 amide bonds. The van der Waals surface area contributed by atoms with Gasteiger partial charge in [0.2, 0.25) is 0 Å². The fourth-order valence-corrected chi connectivity index (χ4v) is 1.57. The molecule has 2 heterocycles. The molecule has 2 aromatic heterocycles. The van der Waals surface area contributed by atoms with E-state index in [1.165, 1.54) is 11.3 Å². The predicted octanol–water partition coefficient (Wildman–Crippen LogP) is 0.886. The third kappa shape index (κ3) is 1.63. The molecule has 0 aliphatic carbocycles. The van der Waals surface area contributed by atoms with E-state index in [9.17, 15) is 0 Å². The molecule has 2 rings (SSSR count). The van der Waals surface area contributed by atoms with Crippen LogP contribution in [-0.4, -0.2) is 15.0 Å². The van der Waals surface area contributed by atoms with Crippen LogP contribution in [0.25, 0.3) is 10.6 Å². The number of nitrogens with two attached hydrogens (primary N) is 1. The number of rotatable bonds is 2. The van der Waals surface area contributed by atoms with Crippen LogP contribution in [0.3, 0.4) is 0 Å². The van der Waals surface area contributed by atoms with Crippen molar-refractivity contribution in [3.8, 4) is 10.6 Å². The maximum Gasteiger partial charge on any atom is 0.197 e. The minimum Gasteiger partial charge on any atom is -0.300 e. The molecule has 0 aromatic carbocycles. The molecular weight excluding hydrogens is 186 g/mol. The monoisotopic (exact) mass is 193 g/mol. The van der Waals surface area contributed by atoms with Crippen molar-refractivity contribution in [3.05, 3.63) is 24.8 Å². The molecule has 5 nitrogen and oxygen atoms in total. The minimum absolute atomic E-state index is 0.667. The van der Waals surface area contributed by atoms with Gasteiger partial charge in [0.15, 0.2) is 5.13 Å². The van der Waals surface area contributed by atoms with E-state index in [0.29, 0.717) is 5.13 Å². The molecule has 66 valence electrons. The molecule has 0 spiro atoms. The number of nitrogens with zero attached hydrogens (tertiary/aromatic N) is 3. The smallest absolute Gasteiger partial charge is 0.197 e. The van der Waals surface area contributed by atoms with Gasteiger partial charge in [-0.3, -0.25) is 15.4 Å². The first-order valence-corrected chi connectivity index (χ1v) is 4.40. The molecular formula is C7H7N5S. The number of hydrogen-bond acceptors (Lipinski definition) is 6. The van der Waals surface area contributed by atoms with E-state index in [1.54, 1.807) is 24.8 Å². The van der Waals surface area contributed by atoms with Crippen LogP contribution >= 0.6 is 11.3 Å². The molecule has 0 saturated carbocycles. The number of anilines is 1. The standard InChI is InChI=1S/C7H7N5S/c8-12-7-11-4-6(13-7)5-3-9-1-2-10-5/h1-4H,8H2,(H,11,12). The molecule has 0 radical (unpaired) electrons. The average Bonchev–Trinajstić information content (AvgIpc) is 2.67. The first-order valence-electron chi connectivity index (χ1n) is 3.59. The zero-order valence-electron chi connectivity index (χ0n) is 6.64. The molecule has 0 bridgehead atoms. The number of hydrogen-bond donors (Lipinski definition) is 2. The van der Waals surface area contributed by atoms with Crippen molar-refractivity contribution >= 4 is 16.5 Å². The highest BCUT2D eigenvalue weighted by Gasteiger charge is 2.03. The summed E-state index contributed by atoms with van der Waals surface area (Å²) < 4.78 is 0. The van der Waals surface area contributed by atoms with Crippen molar-refractivity contribution in [2.24, 2.45) is 5.84 Å². The second-order valence-electron chi connectivity index (χ2n) is 2.26. The van der Waals surface area contributed by atoms with E-state index in [2.05, 4.69) is 20.4 Å². The topological polar surface area (TPSA) is 76.7 Å². The Bertz CT molecular complexity index is 385. The second kappa shape index (κ2) is 3.46. The number of nitrogen functional groups attached to an aromatic ring is 1. The molecule has 0 aliphatic rings. The van der Waals surface area contributed by atoms with Gasteiger partial charge in [0.25, 0.3) is 0 Å². The Morgan fingerprint density at radius 2 is 2.15 bits per heavy atom. The Kier molecular flexibility index (Phi) is 2.15. The van der Waals surface area contributed by atoms with Crippen molar-refractivity contribution in [3.63, 3.8) is 0 Å². The maximum atomic E-state index is 5.20. The zero-order valence-corrected chi connectivity index (χ0v) is 7.45. The molecule has 0 fully saturated rings. The predicted molar refractivity (Wildman–Crippen MR) is 51.0 cm³/mol. The summed E-state index contributed by atoms with van der Waals surface area (Å²) in [7, 11) is 0. The van der Waals surface area contributed by atoms with Crippen molar-refractivity contribution in [1.82, 2.24) is 15.0 Å². The molecule has 0 aliphatic heterocycles. The van der Waals surface area contributed by atoms with Crippen LogP contribution in [0.15, 0.2) is 24.8 Å². The third-order valence-corrected chi connectivity index (χ3v) is 2.40. The van der Waals surface area contributed by atoms with E-state index >= 15 is 0 Å². The average molecular weight is 193 g/mol. The van der Waals surface area contributed by atoms with E-state index in [1.807, 2.05) is 0 Å². The van der Waals surface area contributed by atoms with Gasteiger partial charge in [-0.2, -0.15) is 0 Å². The summed E-state index contributed by atoms with van der Waals surface area (Å²) in [5, 5.41) is 0.667. The summed E-state index contributed by atoms with van der Waals surface area (Å²) in [6, 6.07) is 0. The van der Waals surface area contributed by atoms with Crippen LogP contribution < -0.4 is 11.3 Å². The number of nitrogens with one attached hydrogen (secondary N) is 1. The fraction of sp³-hybridized carbons (Fsp3) is 0. The first kappa shape index (κ1) is 8.09. The summed E-state index contributed by atoms with van der Waals surface area (Å²) in [5.74, 6) is 5.20. The third-order valence-electron chi connectivity index (χ3n) is 1.44. The quantitative estimate of drug-likeness (QED) is 0.547. The second-order valence-corrected chi connectivity index (χ2v) is 3.30. The van der Waals surface area contributed by atoms with Gasteiger partial charge in [0.1, 0.15) is 5.69 Å². The van der Waals surface area contributed by atoms with E-state index in [-0.39, 0.29) is 0 Å². The highest BCUT2D eigenvalue weighted by Crippen LogP contribution is 2.25. The summed E-state index contributed by atoms with van der Waals surface area (Å²) in [6.07, 6.45) is 6.68. The lowest BCUT2D eigenvalue weighted by molar-refractivity contribution is 1.21. The van der Waals surface area contributed by atoms with Crippen LogP contribution in [0.1, 0.15) is 0 Å². The molecule has 0 unspecified atom stereocenters. The van der Waals surface area contributed by atoms with Crippen LogP contribution in [-0.2, 0) is 0 Å². The van der Waals surface area contributed by atoms with E-state index in [0.717, 1.165) is 10.6 Å². The summed E-state index contributed by atoms with van der Waals surface area (Å²) in [5.41, 5.74) is 3.28.